The fraction of sp³-hybridized carbons (Fsp3) is 0.588. The lowest BCUT2D eigenvalue weighted by Gasteiger charge is -2.27. The Labute approximate surface area is 128 Å². The SMILES string of the molecule is CCC(O)CCNC(=O)c1ccc(N(CC)C(C)C)cc1. The molecule has 1 atom stereocenters. The van der Waals surface area contributed by atoms with Crippen molar-refractivity contribution in [3.63, 3.8) is 0 Å². The lowest BCUT2D eigenvalue weighted by Crippen LogP contribution is -2.30. The molecule has 21 heavy (non-hydrogen) atoms. The van der Waals surface area contributed by atoms with E-state index in [2.05, 4.69) is 31.0 Å². The molecule has 4 nitrogen and oxygen atoms in total. The molecular weight excluding hydrogens is 264 g/mol. The number of nitrogens with one attached hydrogen (secondary N) is 1. The number of nitrogens with zero attached hydrogens (tertiary/aromatic N) is 1. The van der Waals surface area contributed by atoms with Gasteiger partial charge in [-0.15, -0.1) is 0 Å². The van der Waals surface area contributed by atoms with Crippen LogP contribution < -0.4 is 10.2 Å². The molecule has 1 aromatic rings. The zero-order chi connectivity index (χ0) is 15.8. The van der Waals surface area contributed by atoms with E-state index in [-0.39, 0.29) is 12.0 Å². The van der Waals surface area contributed by atoms with Crippen molar-refractivity contribution in [1.82, 2.24) is 5.32 Å². The van der Waals surface area contributed by atoms with Crippen molar-refractivity contribution >= 4 is 11.6 Å². The van der Waals surface area contributed by atoms with E-state index in [1.54, 1.807) is 0 Å². The molecule has 1 rings (SSSR count). The van der Waals surface area contributed by atoms with Gasteiger partial charge in [-0.25, -0.2) is 0 Å². The van der Waals surface area contributed by atoms with Crippen LogP contribution in [-0.2, 0) is 0 Å². The number of anilines is 1. The van der Waals surface area contributed by atoms with Gasteiger partial charge in [-0.05, 0) is 57.9 Å². The summed E-state index contributed by atoms with van der Waals surface area (Å²) in [6, 6.07) is 8.11. The van der Waals surface area contributed by atoms with E-state index in [4.69, 9.17) is 0 Å². The third kappa shape index (κ3) is 5.38. The first-order valence-electron chi connectivity index (χ1n) is 7.82. The molecule has 0 aliphatic rings. The van der Waals surface area contributed by atoms with Crippen LogP contribution in [0.4, 0.5) is 5.69 Å². The lowest BCUT2D eigenvalue weighted by molar-refractivity contribution is 0.0942. The van der Waals surface area contributed by atoms with Gasteiger partial charge in [0.1, 0.15) is 0 Å². The summed E-state index contributed by atoms with van der Waals surface area (Å²) in [4.78, 5) is 14.3. The highest BCUT2D eigenvalue weighted by atomic mass is 16.3. The van der Waals surface area contributed by atoms with Crippen LogP contribution in [0, 0.1) is 0 Å². The summed E-state index contributed by atoms with van der Waals surface area (Å²) in [5.41, 5.74) is 1.79. The molecule has 0 fully saturated rings. The number of hydrogen-bond acceptors (Lipinski definition) is 3. The number of carbonyl (C=O) groups is 1. The van der Waals surface area contributed by atoms with Gasteiger partial charge in [0, 0.05) is 30.4 Å². The Hall–Kier alpha value is -1.55. The quantitative estimate of drug-likeness (QED) is 0.774. The van der Waals surface area contributed by atoms with Crippen LogP contribution in [-0.4, -0.2) is 36.2 Å². The summed E-state index contributed by atoms with van der Waals surface area (Å²) in [6.07, 6.45) is 0.973. The predicted octanol–water partition coefficient (Wildman–Crippen LogP) is 2.81. The molecule has 0 heterocycles. The standard InChI is InChI=1S/C17H28N2O2/c1-5-16(20)11-12-18-17(21)14-7-9-15(10-8-14)19(6-2)13(3)4/h7-10,13,16,20H,5-6,11-12H2,1-4H3,(H,18,21). The average Bonchev–Trinajstić information content (AvgIpc) is 2.48. The minimum atomic E-state index is -0.336. The summed E-state index contributed by atoms with van der Waals surface area (Å²) < 4.78 is 0. The van der Waals surface area contributed by atoms with Gasteiger partial charge in [-0.3, -0.25) is 4.79 Å². The zero-order valence-corrected chi connectivity index (χ0v) is 13.6. The number of hydrogen-bond donors (Lipinski definition) is 2. The first-order chi connectivity index (χ1) is 9.99. The second-order valence-corrected chi connectivity index (χ2v) is 5.53. The highest BCUT2D eigenvalue weighted by Gasteiger charge is 2.10. The van der Waals surface area contributed by atoms with Gasteiger partial charge in [-0.2, -0.15) is 0 Å². The van der Waals surface area contributed by atoms with Gasteiger partial charge in [0.05, 0.1) is 6.10 Å². The molecule has 0 radical (unpaired) electrons. The topological polar surface area (TPSA) is 52.6 Å². The monoisotopic (exact) mass is 292 g/mol. The summed E-state index contributed by atoms with van der Waals surface area (Å²) in [7, 11) is 0. The molecule has 4 heteroatoms. The molecule has 1 unspecified atom stereocenters. The Morgan fingerprint density at radius 2 is 1.86 bits per heavy atom. The van der Waals surface area contributed by atoms with Crippen LogP contribution in [0.1, 0.15) is 50.9 Å². The van der Waals surface area contributed by atoms with E-state index in [1.807, 2.05) is 31.2 Å². The smallest absolute Gasteiger partial charge is 0.251 e. The van der Waals surface area contributed by atoms with E-state index in [1.165, 1.54) is 0 Å². The van der Waals surface area contributed by atoms with E-state index in [0.29, 0.717) is 31.0 Å². The Kier molecular flexibility index (Phi) is 7.23. The van der Waals surface area contributed by atoms with Gasteiger partial charge in [0.15, 0.2) is 0 Å². The van der Waals surface area contributed by atoms with Crippen molar-refractivity contribution in [3.8, 4) is 0 Å². The molecule has 0 bridgehead atoms. The summed E-state index contributed by atoms with van der Waals surface area (Å²) in [5, 5.41) is 12.3. The van der Waals surface area contributed by atoms with Gasteiger partial charge < -0.3 is 15.3 Å². The highest BCUT2D eigenvalue weighted by molar-refractivity contribution is 5.94. The molecule has 0 aliphatic carbocycles. The average molecular weight is 292 g/mol. The third-order valence-corrected chi connectivity index (χ3v) is 3.66. The zero-order valence-electron chi connectivity index (χ0n) is 13.6. The highest BCUT2D eigenvalue weighted by Crippen LogP contribution is 2.17. The number of amides is 1. The van der Waals surface area contributed by atoms with Crippen molar-refractivity contribution < 1.29 is 9.90 Å². The van der Waals surface area contributed by atoms with Crippen LogP contribution >= 0.6 is 0 Å². The first kappa shape index (κ1) is 17.5. The molecule has 0 spiro atoms. The van der Waals surface area contributed by atoms with Gasteiger partial charge in [-0.1, -0.05) is 6.92 Å². The van der Waals surface area contributed by atoms with Gasteiger partial charge >= 0.3 is 0 Å². The van der Waals surface area contributed by atoms with E-state index >= 15 is 0 Å². The van der Waals surface area contributed by atoms with Crippen molar-refractivity contribution in [3.05, 3.63) is 29.8 Å². The maximum Gasteiger partial charge on any atom is 0.251 e. The molecule has 1 aromatic carbocycles. The van der Waals surface area contributed by atoms with Crippen molar-refractivity contribution in [2.75, 3.05) is 18.0 Å². The number of benzene rings is 1. The fourth-order valence-electron chi connectivity index (χ4n) is 2.31. The molecule has 2 N–H and O–H groups in total. The van der Waals surface area contributed by atoms with E-state index in [9.17, 15) is 9.90 Å². The summed E-state index contributed by atoms with van der Waals surface area (Å²) >= 11 is 0. The minimum absolute atomic E-state index is 0.0857. The van der Waals surface area contributed by atoms with E-state index < -0.39 is 0 Å². The third-order valence-electron chi connectivity index (χ3n) is 3.66. The van der Waals surface area contributed by atoms with Crippen molar-refractivity contribution in [1.29, 1.82) is 0 Å². The van der Waals surface area contributed by atoms with E-state index in [0.717, 1.165) is 12.2 Å². The molecule has 118 valence electrons. The van der Waals surface area contributed by atoms with Crippen molar-refractivity contribution in [2.45, 2.75) is 52.7 Å². The largest absolute Gasteiger partial charge is 0.393 e. The fourth-order valence-corrected chi connectivity index (χ4v) is 2.31. The van der Waals surface area contributed by atoms with Crippen LogP contribution in [0.25, 0.3) is 0 Å². The molecular formula is C17H28N2O2. The number of aliphatic hydroxyl groups is 1. The molecule has 1 amide bonds. The summed E-state index contributed by atoms with van der Waals surface area (Å²) in [5.74, 6) is -0.0857. The number of carbonyl (C=O) groups excluding carboxylic acids is 1. The van der Waals surface area contributed by atoms with Gasteiger partial charge in [0.2, 0.25) is 0 Å². The summed E-state index contributed by atoms with van der Waals surface area (Å²) in [6.45, 7) is 9.81. The molecule has 0 saturated carbocycles. The van der Waals surface area contributed by atoms with Gasteiger partial charge in [0.25, 0.3) is 5.91 Å². The second-order valence-electron chi connectivity index (χ2n) is 5.53. The molecule has 0 aromatic heterocycles. The Balaban J connectivity index is 2.59. The van der Waals surface area contributed by atoms with Crippen molar-refractivity contribution in [2.24, 2.45) is 0 Å². The maximum absolute atomic E-state index is 12.0. The van der Waals surface area contributed by atoms with Crippen LogP contribution in [0.15, 0.2) is 24.3 Å². The maximum atomic E-state index is 12.0. The number of rotatable bonds is 8. The van der Waals surface area contributed by atoms with Crippen LogP contribution in [0.5, 0.6) is 0 Å². The van der Waals surface area contributed by atoms with Crippen LogP contribution in [0.3, 0.4) is 0 Å². The second kappa shape index (κ2) is 8.67. The number of aliphatic hydroxyl groups excluding tert-OH is 1. The predicted molar refractivity (Wildman–Crippen MR) is 87.8 cm³/mol. The first-order valence-corrected chi connectivity index (χ1v) is 7.82. The lowest BCUT2D eigenvalue weighted by atomic mass is 10.1. The Morgan fingerprint density at radius 1 is 1.24 bits per heavy atom. The molecule has 0 aliphatic heterocycles. The minimum Gasteiger partial charge on any atom is -0.393 e. The Bertz CT molecular complexity index is 429. The van der Waals surface area contributed by atoms with Crippen LogP contribution in [0.2, 0.25) is 0 Å². The molecule has 0 saturated heterocycles. The Morgan fingerprint density at radius 3 is 2.33 bits per heavy atom. The normalized spacial score (nSPS) is 12.3.